The maximum atomic E-state index is 12.4. The highest BCUT2D eigenvalue weighted by atomic mass is 35.5. The maximum absolute atomic E-state index is 12.4. The number of ketones is 1. The summed E-state index contributed by atoms with van der Waals surface area (Å²) in [4.78, 5) is 36.3. The molecule has 0 aliphatic rings. The van der Waals surface area contributed by atoms with E-state index in [4.69, 9.17) is 21.1 Å². The van der Waals surface area contributed by atoms with Crippen molar-refractivity contribution < 1.29 is 23.9 Å². The summed E-state index contributed by atoms with van der Waals surface area (Å²) in [6.45, 7) is 4.47. The molecule has 0 bridgehead atoms. The first-order valence-corrected chi connectivity index (χ1v) is 9.59. The number of methoxy groups -OCH3 is 1. The monoisotopic (exact) mass is 420 g/mol. The van der Waals surface area contributed by atoms with Gasteiger partial charge in [0.1, 0.15) is 6.54 Å². The third-order valence-electron chi connectivity index (χ3n) is 4.47. The van der Waals surface area contributed by atoms with Crippen LogP contribution in [0.5, 0.6) is 0 Å². The van der Waals surface area contributed by atoms with Crippen molar-refractivity contribution in [3.05, 3.63) is 57.9 Å². The molecule has 1 heterocycles. The fraction of sp³-hybridized carbons (Fsp3) is 0.381. The fourth-order valence-corrected chi connectivity index (χ4v) is 3.05. The van der Waals surface area contributed by atoms with Crippen LogP contribution in [0.4, 0.5) is 0 Å². The van der Waals surface area contributed by atoms with Gasteiger partial charge in [-0.15, -0.1) is 0 Å². The Morgan fingerprint density at radius 2 is 1.83 bits per heavy atom. The van der Waals surface area contributed by atoms with Gasteiger partial charge in [-0.1, -0.05) is 11.6 Å². The highest BCUT2D eigenvalue weighted by molar-refractivity contribution is 6.30. The third-order valence-corrected chi connectivity index (χ3v) is 4.72. The van der Waals surface area contributed by atoms with Crippen molar-refractivity contribution in [3.63, 3.8) is 0 Å². The molecule has 29 heavy (non-hydrogen) atoms. The molecule has 0 spiro atoms. The first-order valence-electron chi connectivity index (χ1n) is 9.21. The summed E-state index contributed by atoms with van der Waals surface area (Å²) in [5, 5.41) is 2.96. The largest absolute Gasteiger partial charge is 0.456 e. The number of benzene rings is 1. The second-order valence-corrected chi connectivity index (χ2v) is 6.99. The Labute approximate surface area is 174 Å². The van der Waals surface area contributed by atoms with E-state index in [1.807, 2.05) is 18.4 Å². The summed E-state index contributed by atoms with van der Waals surface area (Å²) in [6, 6.07) is 8.06. The molecule has 1 N–H and O–H groups in total. The van der Waals surface area contributed by atoms with E-state index >= 15 is 0 Å². The molecule has 1 aromatic carbocycles. The van der Waals surface area contributed by atoms with Crippen LogP contribution in [-0.4, -0.2) is 49.1 Å². The summed E-state index contributed by atoms with van der Waals surface area (Å²) in [7, 11) is 1.65. The number of ether oxygens (including phenoxy) is 2. The van der Waals surface area contributed by atoms with Crippen molar-refractivity contribution in [1.29, 1.82) is 0 Å². The van der Waals surface area contributed by atoms with Crippen molar-refractivity contribution in [2.75, 3.05) is 26.9 Å². The number of rotatable bonds is 10. The first-order chi connectivity index (χ1) is 13.8. The van der Waals surface area contributed by atoms with E-state index in [9.17, 15) is 14.4 Å². The number of esters is 1. The van der Waals surface area contributed by atoms with Crippen molar-refractivity contribution in [1.82, 2.24) is 9.88 Å². The number of aromatic nitrogens is 1. The van der Waals surface area contributed by atoms with Gasteiger partial charge in [0.25, 0.3) is 5.91 Å². The number of halogens is 1. The van der Waals surface area contributed by atoms with Gasteiger partial charge in [-0.2, -0.15) is 0 Å². The molecule has 0 aliphatic heterocycles. The van der Waals surface area contributed by atoms with Gasteiger partial charge in [-0.25, -0.2) is 0 Å². The van der Waals surface area contributed by atoms with Gasteiger partial charge >= 0.3 is 5.97 Å². The molecule has 156 valence electrons. The van der Waals surface area contributed by atoms with E-state index in [1.165, 1.54) is 0 Å². The van der Waals surface area contributed by atoms with Crippen molar-refractivity contribution >= 4 is 29.3 Å². The van der Waals surface area contributed by atoms with E-state index in [2.05, 4.69) is 5.32 Å². The third kappa shape index (κ3) is 6.44. The van der Waals surface area contributed by atoms with Gasteiger partial charge in [0, 0.05) is 47.8 Å². The number of carbonyl (C=O) groups excluding carboxylic acids is 3. The van der Waals surface area contributed by atoms with Gasteiger partial charge in [0.15, 0.2) is 6.61 Å². The number of aryl methyl sites for hydroxylation is 1. The van der Waals surface area contributed by atoms with E-state index in [1.54, 1.807) is 37.4 Å². The number of carbonyl (C=O) groups is 3. The second-order valence-electron chi connectivity index (χ2n) is 6.56. The van der Waals surface area contributed by atoms with E-state index in [-0.39, 0.29) is 18.9 Å². The predicted octanol–water partition coefficient (Wildman–Crippen LogP) is 2.95. The van der Waals surface area contributed by atoms with Crippen molar-refractivity contribution in [3.8, 4) is 0 Å². The average molecular weight is 421 g/mol. The smallest absolute Gasteiger partial charge is 0.325 e. The van der Waals surface area contributed by atoms with Crippen molar-refractivity contribution in [2.45, 2.75) is 26.8 Å². The lowest BCUT2D eigenvalue weighted by Crippen LogP contribution is -2.31. The highest BCUT2D eigenvalue weighted by Gasteiger charge is 2.17. The Hall–Kier alpha value is -2.64. The van der Waals surface area contributed by atoms with Gasteiger partial charge < -0.3 is 19.4 Å². The minimum absolute atomic E-state index is 0.284. The van der Waals surface area contributed by atoms with Crippen LogP contribution in [0.1, 0.15) is 38.5 Å². The molecule has 0 atom stereocenters. The molecule has 0 unspecified atom stereocenters. The van der Waals surface area contributed by atoms with Gasteiger partial charge in [0.2, 0.25) is 5.78 Å². The predicted molar refractivity (Wildman–Crippen MR) is 109 cm³/mol. The molecule has 0 saturated heterocycles. The molecule has 1 amide bonds. The van der Waals surface area contributed by atoms with Gasteiger partial charge in [0.05, 0.1) is 0 Å². The number of amides is 1. The molecule has 8 heteroatoms. The van der Waals surface area contributed by atoms with Crippen LogP contribution in [0, 0.1) is 13.8 Å². The maximum Gasteiger partial charge on any atom is 0.325 e. The zero-order chi connectivity index (χ0) is 21.4. The minimum atomic E-state index is -0.686. The SMILES string of the molecule is COCCCn1c(C)cc(C(=O)COC(=O)CNC(=O)c2ccc(Cl)cc2)c1C. The van der Waals surface area contributed by atoms with Crippen LogP contribution in [0.15, 0.2) is 30.3 Å². The highest BCUT2D eigenvalue weighted by Crippen LogP contribution is 2.16. The van der Waals surface area contributed by atoms with Crippen LogP contribution in [0.2, 0.25) is 5.02 Å². The zero-order valence-electron chi connectivity index (χ0n) is 16.8. The molecule has 0 fully saturated rings. The van der Waals surface area contributed by atoms with Gasteiger partial charge in [-0.05, 0) is 50.6 Å². The Morgan fingerprint density at radius 3 is 2.48 bits per heavy atom. The van der Waals surface area contributed by atoms with E-state index in [0.29, 0.717) is 22.8 Å². The van der Waals surface area contributed by atoms with Crippen LogP contribution in [-0.2, 0) is 20.8 Å². The Bertz CT molecular complexity index is 874. The number of nitrogens with zero attached hydrogens (tertiary/aromatic N) is 1. The van der Waals surface area contributed by atoms with Crippen LogP contribution < -0.4 is 5.32 Å². The van der Waals surface area contributed by atoms with Crippen LogP contribution in [0.25, 0.3) is 0 Å². The van der Waals surface area contributed by atoms with Gasteiger partial charge in [-0.3, -0.25) is 14.4 Å². The molecule has 7 nitrogen and oxygen atoms in total. The van der Waals surface area contributed by atoms with Crippen molar-refractivity contribution in [2.24, 2.45) is 0 Å². The summed E-state index contributed by atoms with van der Waals surface area (Å²) in [5.74, 6) is -1.40. The first kappa shape index (κ1) is 22.6. The fourth-order valence-electron chi connectivity index (χ4n) is 2.93. The lowest BCUT2D eigenvalue weighted by atomic mass is 10.1. The molecular weight excluding hydrogens is 396 g/mol. The van der Waals surface area contributed by atoms with E-state index < -0.39 is 11.9 Å². The number of hydrogen-bond acceptors (Lipinski definition) is 5. The normalized spacial score (nSPS) is 10.6. The zero-order valence-corrected chi connectivity index (χ0v) is 17.5. The molecule has 1 aromatic heterocycles. The summed E-state index contributed by atoms with van der Waals surface area (Å²) < 4.78 is 12.1. The summed E-state index contributed by atoms with van der Waals surface area (Å²) in [5.41, 5.74) is 2.69. The number of Topliss-reactive ketones (excluding diaryl/α,β-unsaturated/α-hetero) is 1. The topological polar surface area (TPSA) is 86.6 Å². The van der Waals surface area contributed by atoms with Crippen LogP contribution >= 0.6 is 11.6 Å². The molecule has 2 rings (SSSR count). The second kappa shape index (κ2) is 10.8. The standard InChI is InChI=1S/C21H25ClN2O5/c1-14-11-18(15(2)24(14)9-4-10-28-3)19(25)13-29-20(26)12-23-21(27)16-5-7-17(22)8-6-16/h5-8,11H,4,9-10,12-13H2,1-3H3,(H,23,27). The summed E-state index contributed by atoms with van der Waals surface area (Å²) >= 11 is 5.77. The quantitative estimate of drug-likeness (QED) is 0.363. The number of nitrogens with one attached hydrogen (secondary N) is 1. The molecule has 0 saturated carbocycles. The molecule has 0 aliphatic carbocycles. The minimum Gasteiger partial charge on any atom is -0.456 e. The lowest BCUT2D eigenvalue weighted by Gasteiger charge is -2.09. The Morgan fingerprint density at radius 1 is 1.14 bits per heavy atom. The van der Waals surface area contributed by atoms with Crippen LogP contribution in [0.3, 0.4) is 0 Å². The Balaban J connectivity index is 1.84. The molecular formula is C21H25ClN2O5. The molecule has 0 radical (unpaired) electrons. The molecule has 2 aromatic rings. The lowest BCUT2D eigenvalue weighted by molar-refractivity contribution is -0.141. The Kier molecular flexibility index (Phi) is 8.42. The number of hydrogen-bond donors (Lipinski definition) is 1. The van der Waals surface area contributed by atoms with E-state index in [0.717, 1.165) is 24.4 Å². The average Bonchev–Trinajstić information content (AvgIpc) is 2.99. The summed E-state index contributed by atoms with van der Waals surface area (Å²) in [6.07, 6.45) is 0.836.